The fourth-order valence-corrected chi connectivity index (χ4v) is 3.29. The van der Waals surface area contributed by atoms with Crippen LogP contribution in [-0.4, -0.2) is 26.4 Å². The maximum absolute atomic E-state index is 12.9. The van der Waals surface area contributed by atoms with Gasteiger partial charge in [-0.1, -0.05) is 29.5 Å². The molecule has 0 saturated carbocycles. The quantitative estimate of drug-likeness (QED) is 0.610. The van der Waals surface area contributed by atoms with Gasteiger partial charge in [0, 0.05) is 12.7 Å². The van der Waals surface area contributed by atoms with E-state index in [9.17, 15) is 9.18 Å². The summed E-state index contributed by atoms with van der Waals surface area (Å²) in [6.45, 7) is 4.32. The van der Waals surface area contributed by atoms with Gasteiger partial charge >= 0.3 is 0 Å². The summed E-state index contributed by atoms with van der Waals surface area (Å²) in [7, 11) is 1.83. The molecule has 0 atom stereocenters. The van der Waals surface area contributed by atoms with Gasteiger partial charge in [-0.05, 0) is 49.7 Å². The molecular formula is C20H21FN4O2S. The lowest BCUT2D eigenvalue weighted by Gasteiger charge is -2.09. The third-order valence-electron chi connectivity index (χ3n) is 4.07. The van der Waals surface area contributed by atoms with E-state index in [1.165, 1.54) is 41.6 Å². The van der Waals surface area contributed by atoms with Gasteiger partial charge in [-0.2, -0.15) is 0 Å². The summed E-state index contributed by atoms with van der Waals surface area (Å²) in [6, 6.07) is 11.6. The molecule has 2 aromatic carbocycles. The van der Waals surface area contributed by atoms with Gasteiger partial charge in [-0.25, -0.2) is 4.39 Å². The van der Waals surface area contributed by atoms with Gasteiger partial charge in [-0.3, -0.25) is 4.79 Å². The van der Waals surface area contributed by atoms with Crippen molar-refractivity contribution >= 4 is 23.4 Å². The van der Waals surface area contributed by atoms with E-state index in [-0.39, 0.29) is 24.1 Å². The van der Waals surface area contributed by atoms with Gasteiger partial charge in [0.1, 0.15) is 18.2 Å². The smallest absolute Gasteiger partial charge is 0.234 e. The second kappa shape index (κ2) is 8.88. The van der Waals surface area contributed by atoms with Crippen LogP contribution in [0.3, 0.4) is 0 Å². The lowest BCUT2D eigenvalue weighted by Crippen LogP contribution is -2.14. The average Bonchev–Trinajstić information content (AvgIpc) is 3.01. The van der Waals surface area contributed by atoms with Crippen LogP contribution in [0.15, 0.2) is 47.6 Å². The number of ether oxygens (including phenoxy) is 1. The van der Waals surface area contributed by atoms with E-state index in [4.69, 9.17) is 4.74 Å². The summed E-state index contributed by atoms with van der Waals surface area (Å²) >= 11 is 1.27. The molecule has 0 bridgehead atoms. The SMILES string of the molecule is Cc1ccc(OCc2nnc(SCC(=O)Nc3ccc(F)cc3)n2C)c(C)c1. The number of amides is 1. The molecule has 1 aromatic heterocycles. The highest BCUT2D eigenvalue weighted by Crippen LogP contribution is 2.21. The second-order valence-corrected chi connectivity index (χ2v) is 7.30. The molecule has 0 saturated heterocycles. The number of halogens is 1. The van der Waals surface area contributed by atoms with E-state index in [1.54, 1.807) is 4.57 Å². The minimum atomic E-state index is -0.345. The Balaban J connectivity index is 1.54. The fourth-order valence-electron chi connectivity index (χ4n) is 2.56. The van der Waals surface area contributed by atoms with Crippen LogP contribution in [0.1, 0.15) is 17.0 Å². The molecule has 3 rings (SSSR count). The maximum atomic E-state index is 12.9. The first-order chi connectivity index (χ1) is 13.4. The van der Waals surface area contributed by atoms with Crippen LogP contribution in [0.25, 0.3) is 0 Å². The van der Waals surface area contributed by atoms with Gasteiger partial charge in [0.25, 0.3) is 0 Å². The highest BCUT2D eigenvalue weighted by atomic mass is 32.2. The van der Waals surface area contributed by atoms with E-state index in [1.807, 2.05) is 33.0 Å². The number of hydrogen-bond acceptors (Lipinski definition) is 5. The van der Waals surface area contributed by atoms with Gasteiger partial charge < -0.3 is 14.6 Å². The number of anilines is 1. The molecule has 0 radical (unpaired) electrons. The number of nitrogens with zero attached hydrogens (tertiary/aromatic N) is 3. The topological polar surface area (TPSA) is 69.0 Å². The fraction of sp³-hybridized carbons (Fsp3) is 0.250. The number of aryl methyl sites for hydroxylation is 2. The lowest BCUT2D eigenvalue weighted by atomic mass is 10.1. The molecular weight excluding hydrogens is 379 g/mol. The Morgan fingerprint density at radius 1 is 1.18 bits per heavy atom. The Morgan fingerprint density at radius 2 is 1.93 bits per heavy atom. The predicted molar refractivity (Wildman–Crippen MR) is 107 cm³/mol. The minimum Gasteiger partial charge on any atom is -0.485 e. The molecule has 0 aliphatic rings. The van der Waals surface area contributed by atoms with E-state index < -0.39 is 0 Å². The monoisotopic (exact) mass is 400 g/mol. The first-order valence-corrected chi connectivity index (χ1v) is 9.67. The van der Waals surface area contributed by atoms with E-state index >= 15 is 0 Å². The van der Waals surface area contributed by atoms with Crippen molar-refractivity contribution in [3.8, 4) is 5.75 Å². The number of carbonyl (C=O) groups is 1. The van der Waals surface area contributed by atoms with Crippen molar-refractivity contribution in [3.63, 3.8) is 0 Å². The molecule has 0 spiro atoms. The lowest BCUT2D eigenvalue weighted by molar-refractivity contribution is -0.113. The van der Waals surface area contributed by atoms with Crippen molar-refractivity contribution in [1.82, 2.24) is 14.8 Å². The molecule has 28 heavy (non-hydrogen) atoms. The number of nitrogens with one attached hydrogen (secondary N) is 1. The molecule has 1 heterocycles. The minimum absolute atomic E-state index is 0.168. The zero-order valence-corrected chi connectivity index (χ0v) is 16.7. The first kappa shape index (κ1) is 19.9. The highest BCUT2D eigenvalue weighted by Gasteiger charge is 2.13. The number of rotatable bonds is 7. The van der Waals surface area contributed by atoms with Crippen LogP contribution in [-0.2, 0) is 18.4 Å². The summed E-state index contributed by atoms with van der Waals surface area (Å²) in [5.74, 6) is 1.10. The summed E-state index contributed by atoms with van der Waals surface area (Å²) in [6.07, 6.45) is 0. The molecule has 0 aliphatic carbocycles. The first-order valence-electron chi connectivity index (χ1n) is 8.69. The maximum Gasteiger partial charge on any atom is 0.234 e. The highest BCUT2D eigenvalue weighted by molar-refractivity contribution is 7.99. The van der Waals surface area contributed by atoms with Gasteiger partial charge in [0.05, 0.1) is 5.75 Å². The number of thioether (sulfide) groups is 1. The molecule has 1 N–H and O–H groups in total. The van der Waals surface area contributed by atoms with E-state index in [0.29, 0.717) is 16.7 Å². The molecule has 0 fully saturated rings. The largest absolute Gasteiger partial charge is 0.485 e. The van der Waals surface area contributed by atoms with Crippen molar-refractivity contribution in [2.24, 2.45) is 7.05 Å². The molecule has 3 aromatic rings. The normalized spacial score (nSPS) is 10.7. The zero-order chi connectivity index (χ0) is 20.1. The Kier molecular flexibility index (Phi) is 6.30. The van der Waals surface area contributed by atoms with Crippen LogP contribution < -0.4 is 10.1 Å². The molecule has 8 heteroatoms. The molecule has 0 unspecified atom stereocenters. The molecule has 146 valence electrons. The Labute approximate surface area is 167 Å². The van der Waals surface area contributed by atoms with Crippen LogP contribution in [0.5, 0.6) is 5.75 Å². The number of hydrogen-bond donors (Lipinski definition) is 1. The van der Waals surface area contributed by atoms with Crippen LogP contribution in [0.2, 0.25) is 0 Å². The summed E-state index contributed by atoms with van der Waals surface area (Å²) in [5.41, 5.74) is 2.79. The Morgan fingerprint density at radius 3 is 2.64 bits per heavy atom. The summed E-state index contributed by atoms with van der Waals surface area (Å²) in [4.78, 5) is 12.1. The second-order valence-electron chi connectivity index (χ2n) is 6.36. The summed E-state index contributed by atoms with van der Waals surface area (Å²) < 4.78 is 20.6. The third kappa shape index (κ3) is 5.10. The van der Waals surface area contributed by atoms with Crippen molar-refractivity contribution in [1.29, 1.82) is 0 Å². The van der Waals surface area contributed by atoms with E-state index in [2.05, 4.69) is 21.6 Å². The van der Waals surface area contributed by atoms with Crippen molar-refractivity contribution in [2.45, 2.75) is 25.6 Å². The van der Waals surface area contributed by atoms with Crippen LogP contribution in [0, 0.1) is 19.7 Å². The third-order valence-corrected chi connectivity index (χ3v) is 5.09. The van der Waals surface area contributed by atoms with Crippen LogP contribution in [0.4, 0.5) is 10.1 Å². The predicted octanol–water partition coefficient (Wildman–Crippen LogP) is 3.88. The van der Waals surface area contributed by atoms with Crippen LogP contribution >= 0.6 is 11.8 Å². The number of benzene rings is 2. The molecule has 1 amide bonds. The van der Waals surface area contributed by atoms with Gasteiger partial charge in [-0.15, -0.1) is 10.2 Å². The standard InChI is InChI=1S/C20H21FN4O2S/c1-13-4-9-17(14(2)10-13)27-11-18-23-24-20(25(18)3)28-12-19(26)22-16-7-5-15(21)6-8-16/h4-10H,11-12H2,1-3H3,(H,22,26). The Hall–Kier alpha value is -2.87. The van der Waals surface area contributed by atoms with Crippen molar-refractivity contribution in [3.05, 3.63) is 65.2 Å². The van der Waals surface area contributed by atoms with Gasteiger partial charge in [0.15, 0.2) is 11.0 Å². The summed E-state index contributed by atoms with van der Waals surface area (Å²) in [5, 5.41) is 11.6. The number of aromatic nitrogens is 3. The van der Waals surface area contributed by atoms with Gasteiger partial charge in [0.2, 0.25) is 5.91 Å². The van der Waals surface area contributed by atoms with Crippen molar-refractivity contribution in [2.75, 3.05) is 11.1 Å². The zero-order valence-electron chi connectivity index (χ0n) is 15.9. The van der Waals surface area contributed by atoms with Crippen molar-refractivity contribution < 1.29 is 13.9 Å². The Bertz CT molecular complexity index is 973. The molecule has 0 aliphatic heterocycles. The number of carbonyl (C=O) groups excluding carboxylic acids is 1. The average molecular weight is 400 g/mol. The van der Waals surface area contributed by atoms with E-state index in [0.717, 1.165) is 11.3 Å². The molecule has 6 nitrogen and oxygen atoms in total.